The third-order valence-corrected chi connectivity index (χ3v) is 5.27. The molecule has 1 aliphatic carbocycles. The molecule has 0 saturated carbocycles. The lowest BCUT2D eigenvalue weighted by Crippen LogP contribution is -2.42. The zero-order valence-electron chi connectivity index (χ0n) is 15.3. The van der Waals surface area contributed by atoms with Gasteiger partial charge in [0.15, 0.2) is 0 Å². The Bertz CT molecular complexity index is 470. The molecule has 2 aliphatic rings. The maximum Gasteiger partial charge on any atom is 0.121 e. The van der Waals surface area contributed by atoms with E-state index in [9.17, 15) is 4.39 Å². The van der Waals surface area contributed by atoms with Gasteiger partial charge in [-0.15, -0.1) is 0 Å². The van der Waals surface area contributed by atoms with Gasteiger partial charge in [-0.3, -0.25) is 4.99 Å². The first kappa shape index (κ1) is 19.3. The van der Waals surface area contributed by atoms with E-state index in [1.807, 2.05) is 6.92 Å². The summed E-state index contributed by atoms with van der Waals surface area (Å²) < 4.78 is 13.7. The SMILES string of the molecule is CC/N=C(/CN)CCCCC1=CCCNC1C1C=CC(F)C(C)C1. The van der Waals surface area contributed by atoms with Crippen molar-refractivity contribution in [2.75, 3.05) is 19.6 Å². The summed E-state index contributed by atoms with van der Waals surface area (Å²) >= 11 is 0. The Hall–Kier alpha value is -1.00. The fraction of sp³-hybridized carbons (Fsp3) is 0.750. The minimum absolute atomic E-state index is 0.127. The molecule has 0 saturated heterocycles. The van der Waals surface area contributed by atoms with Gasteiger partial charge in [0, 0.05) is 24.8 Å². The van der Waals surface area contributed by atoms with Crippen LogP contribution in [0.4, 0.5) is 4.39 Å². The molecule has 0 aromatic carbocycles. The van der Waals surface area contributed by atoms with Crippen LogP contribution in [0.15, 0.2) is 28.8 Å². The Balaban J connectivity index is 1.85. The number of aliphatic imine (C=N–C) groups is 1. The summed E-state index contributed by atoms with van der Waals surface area (Å²) in [4.78, 5) is 4.45. The molecule has 0 bridgehead atoms. The van der Waals surface area contributed by atoms with Crippen LogP contribution in [0.2, 0.25) is 0 Å². The maximum absolute atomic E-state index is 13.7. The summed E-state index contributed by atoms with van der Waals surface area (Å²) in [7, 11) is 0. The van der Waals surface area contributed by atoms with Crippen LogP contribution in [0.25, 0.3) is 0 Å². The minimum Gasteiger partial charge on any atom is -0.326 e. The van der Waals surface area contributed by atoms with Crippen molar-refractivity contribution < 1.29 is 4.39 Å². The molecule has 4 atom stereocenters. The second kappa shape index (κ2) is 10.1. The summed E-state index contributed by atoms with van der Waals surface area (Å²) in [5.74, 6) is 0.558. The first-order chi connectivity index (χ1) is 11.7. The number of alkyl halides is 1. The Morgan fingerprint density at radius 2 is 2.21 bits per heavy atom. The smallest absolute Gasteiger partial charge is 0.121 e. The van der Waals surface area contributed by atoms with Crippen molar-refractivity contribution in [1.82, 2.24) is 5.32 Å². The first-order valence-corrected chi connectivity index (χ1v) is 9.62. The van der Waals surface area contributed by atoms with E-state index < -0.39 is 6.17 Å². The van der Waals surface area contributed by atoms with Crippen molar-refractivity contribution in [2.45, 2.75) is 64.6 Å². The van der Waals surface area contributed by atoms with Gasteiger partial charge in [-0.2, -0.15) is 0 Å². The predicted octanol–water partition coefficient (Wildman–Crippen LogP) is 3.81. The molecule has 0 radical (unpaired) electrons. The monoisotopic (exact) mass is 335 g/mol. The molecule has 4 heteroatoms. The van der Waals surface area contributed by atoms with Crippen molar-refractivity contribution in [1.29, 1.82) is 0 Å². The van der Waals surface area contributed by atoms with E-state index in [0.717, 1.165) is 50.9 Å². The highest BCUT2D eigenvalue weighted by Gasteiger charge is 2.30. The number of hydrogen-bond donors (Lipinski definition) is 2. The number of nitrogens with two attached hydrogens (primary N) is 1. The second-order valence-corrected chi connectivity index (χ2v) is 7.16. The van der Waals surface area contributed by atoms with Crippen LogP contribution in [-0.2, 0) is 0 Å². The number of allylic oxidation sites excluding steroid dienone is 1. The van der Waals surface area contributed by atoms with Crippen molar-refractivity contribution in [3.05, 3.63) is 23.8 Å². The van der Waals surface area contributed by atoms with Gasteiger partial charge in [0.25, 0.3) is 0 Å². The maximum atomic E-state index is 13.7. The van der Waals surface area contributed by atoms with Gasteiger partial charge in [0.2, 0.25) is 0 Å². The van der Waals surface area contributed by atoms with E-state index in [4.69, 9.17) is 5.73 Å². The lowest BCUT2D eigenvalue weighted by atomic mass is 9.78. The molecule has 136 valence electrons. The molecule has 0 aromatic heterocycles. The number of halogens is 1. The van der Waals surface area contributed by atoms with Gasteiger partial charge >= 0.3 is 0 Å². The summed E-state index contributed by atoms with van der Waals surface area (Å²) in [5, 5.41) is 3.67. The van der Waals surface area contributed by atoms with Gasteiger partial charge in [0.05, 0.1) is 0 Å². The number of nitrogens with one attached hydrogen (secondary N) is 1. The van der Waals surface area contributed by atoms with Crippen LogP contribution in [0.5, 0.6) is 0 Å². The molecule has 1 aliphatic heterocycles. The van der Waals surface area contributed by atoms with Gasteiger partial charge < -0.3 is 11.1 Å². The molecule has 24 heavy (non-hydrogen) atoms. The molecule has 0 fully saturated rings. The normalized spacial score (nSPS) is 31.2. The predicted molar refractivity (Wildman–Crippen MR) is 101 cm³/mol. The van der Waals surface area contributed by atoms with E-state index in [-0.39, 0.29) is 5.92 Å². The van der Waals surface area contributed by atoms with Gasteiger partial charge in [-0.1, -0.05) is 30.7 Å². The number of unbranched alkanes of at least 4 members (excludes halogenated alkanes) is 1. The third kappa shape index (κ3) is 5.52. The van der Waals surface area contributed by atoms with Crippen LogP contribution in [0, 0.1) is 11.8 Å². The Labute approximate surface area is 146 Å². The summed E-state index contributed by atoms with van der Waals surface area (Å²) in [6.45, 7) is 6.52. The van der Waals surface area contributed by atoms with Crippen LogP contribution in [-0.4, -0.2) is 37.6 Å². The third-order valence-electron chi connectivity index (χ3n) is 5.27. The first-order valence-electron chi connectivity index (χ1n) is 9.62. The molecule has 3 N–H and O–H groups in total. The Morgan fingerprint density at radius 3 is 2.92 bits per heavy atom. The highest BCUT2D eigenvalue weighted by molar-refractivity contribution is 5.86. The topological polar surface area (TPSA) is 50.4 Å². The van der Waals surface area contributed by atoms with Gasteiger partial charge in [-0.25, -0.2) is 4.39 Å². The van der Waals surface area contributed by atoms with E-state index in [2.05, 4.69) is 29.4 Å². The van der Waals surface area contributed by atoms with Crippen molar-refractivity contribution in [3.63, 3.8) is 0 Å². The quantitative estimate of drug-likeness (QED) is 0.403. The summed E-state index contributed by atoms with van der Waals surface area (Å²) in [6, 6.07) is 0.392. The van der Waals surface area contributed by atoms with Crippen molar-refractivity contribution in [3.8, 4) is 0 Å². The fourth-order valence-electron chi connectivity index (χ4n) is 3.89. The van der Waals surface area contributed by atoms with E-state index in [1.165, 1.54) is 12.0 Å². The molecular formula is C20H34FN3. The second-order valence-electron chi connectivity index (χ2n) is 7.16. The van der Waals surface area contributed by atoms with Crippen molar-refractivity contribution in [2.24, 2.45) is 22.6 Å². The number of nitrogens with zero attached hydrogens (tertiary/aromatic N) is 1. The molecular weight excluding hydrogens is 301 g/mol. The zero-order chi connectivity index (χ0) is 17.4. The zero-order valence-corrected chi connectivity index (χ0v) is 15.3. The molecule has 2 rings (SSSR count). The average molecular weight is 336 g/mol. The largest absolute Gasteiger partial charge is 0.326 e. The van der Waals surface area contributed by atoms with Gasteiger partial charge in [-0.05, 0) is 63.8 Å². The summed E-state index contributed by atoms with van der Waals surface area (Å²) in [5.41, 5.74) is 8.39. The molecule has 4 unspecified atom stereocenters. The minimum atomic E-state index is -0.773. The van der Waals surface area contributed by atoms with Crippen molar-refractivity contribution >= 4 is 5.71 Å². The highest BCUT2D eigenvalue weighted by atomic mass is 19.1. The van der Waals surface area contributed by atoms with Crippen LogP contribution in [0.3, 0.4) is 0 Å². The van der Waals surface area contributed by atoms with Crippen LogP contribution in [0.1, 0.15) is 52.4 Å². The molecule has 1 heterocycles. The van der Waals surface area contributed by atoms with Crippen LogP contribution < -0.4 is 11.1 Å². The molecule has 0 amide bonds. The lowest BCUT2D eigenvalue weighted by Gasteiger charge is -2.35. The van der Waals surface area contributed by atoms with E-state index in [0.29, 0.717) is 18.5 Å². The Kier molecular flexibility index (Phi) is 8.13. The number of rotatable bonds is 8. The standard InChI is InChI=1S/C20H34FN3/c1-3-23-18(14-22)9-5-4-7-16-8-6-12-24-20(16)17-10-11-19(21)15(2)13-17/h8,10-11,15,17,19-20,24H,3-7,9,12-14,22H2,1-2H3/b23-18+. The molecule has 0 aromatic rings. The molecule has 0 spiro atoms. The average Bonchev–Trinajstić information content (AvgIpc) is 2.60. The highest BCUT2D eigenvalue weighted by Crippen LogP contribution is 2.32. The summed E-state index contributed by atoms with van der Waals surface area (Å²) in [6.07, 6.45) is 12.0. The molecule has 3 nitrogen and oxygen atoms in total. The van der Waals surface area contributed by atoms with Crippen LogP contribution >= 0.6 is 0 Å². The van der Waals surface area contributed by atoms with Gasteiger partial charge in [0.1, 0.15) is 6.17 Å². The fourth-order valence-corrected chi connectivity index (χ4v) is 3.89. The lowest BCUT2D eigenvalue weighted by molar-refractivity contribution is 0.232. The van der Waals surface area contributed by atoms with E-state index >= 15 is 0 Å². The Morgan fingerprint density at radius 1 is 1.38 bits per heavy atom. The van der Waals surface area contributed by atoms with E-state index in [1.54, 1.807) is 6.08 Å². The number of hydrogen-bond acceptors (Lipinski definition) is 3.